The summed E-state index contributed by atoms with van der Waals surface area (Å²) in [5.41, 5.74) is 3.42. The Hall–Kier alpha value is -1.71. The summed E-state index contributed by atoms with van der Waals surface area (Å²) in [7, 11) is 0. The molecule has 1 atom stereocenters. The van der Waals surface area contributed by atoms with E-state index in [1.807, 2.05) is 12.1 Å². The highest BCUT2D eigenvalue weighted by Gasteiger charge is 2.38. The number of hydrogen-bond donors (Lipinski definition) is 2. The van der Waals surface area contributed by atoms with Crippen LogP contribution in [0.5, 0.6) is 0 Å². The van der Waals surface area contributed by atoms with Crippen LogP contribution in [0.15, 0.2) is 41.4 Å². The second kappa shape index (κ2) is 6.22. The Balaban J connectivity index is 2.17. The standard InChI is InChI=1S/C20H23Cl2N3/c1-12-6-8-13(9-7-12)20(5)18(25-19(2,3)4)23-16-10-14(21)15(22)11-17(16)24-20/h6-11,24H,1-5H3,(H,23,25). The SMILES string of the molecule is Cc1ccc(C2(C)Nc3cc(Cl)c(Cl)cc3NC2=NC(C)(C)C)cc1. The van der Waals surface area contributed by atoms with E-state index in [0.29, 0.717) is 10.0 Å². The zero-order valence-electron chi connectivity index (χ0n) is 15.2. The largest absolute Gasteiger partial charge is 0.368 e. The Kier molecular flexibility index (Phi) is 4.50. The summed E-state index contributed by atoms with van der Waals surface area (Å²) in [6.07, 6.45) is 0. The number of aliphatic imine (C=N–C) groups is 1. The van der Waals surface area contributed by atoms with Crippen LogP contribution in [0, 0.1) is 6.92 Å². The molecular weight excluding hydrogens is 353 g/mol. The number of hydrogen-bond acceptors (Lipinski definition) is 2. The lowest BCUT2D eigenvalue weighted by Crippen LogP contribution is -2.48. The van der Waals surface area contributed by atoms with Crippen molar-refractivity contribution in [3.63, 3.8) is 0 Å². The lowest BCUT2D eigenvalue weighted by atomic mass is 9.87. The van der Waals surface area contributed by atoms with Gasteiger partial charge in [-0.05, 0) is 52.3 Å². The van der Waals surface area contributed by atoms with Gasteiger partial charge in [0.25, 0.3) is 0 Å². The van der Waals surface area contributed by atoms with Crippen molar-refractivity contribution in [2.45, 2.75) is 45.7 Å². The van der Waals surface area contributed by atoms with E-state index in [-0.39, 0.29) is 5.54 Å². The molecule has 3 nitrogen and oxygen atoms in total. The van der Waals surface area contributed by atoms with Gasteiger partial charge < -0.3 is 10.6 Å². The number of fused-ring (bicyclic) bond motifs is 1. The molecule has 0 saturated carbocycles. The van der Waals surface area contributed by atoms with Gasteiger partial charge in [-0.3, -0.25) is 4.99 Å². The van der Waals surface area contributed by atoms with Gasteiger partial charge in [0.2, 0.25) is 0 Å². The highest BCUT2D eigenvalue weighted by atomic mass is 35.5. The monoisotopic (exact) mass is 375 g/mol. The number of benzene rings is 2. The van der Waals surface area contributed by atoms with E-state index in [4.69, 9.17) is 28.2 Å². The number of aryl methyl sites for hydroxylation is 1. The lowest BCUT2D eigenvalue weighted by Gasteiger charge is -2.40. The summed E-state index contributed by atoms with van der Waals surface area (Å²) >= 11 is 12.4. The van der Waals surface area contributed by atoms with Gasteiger partial charge in [0.05, 0.1) is 27.0 Å². The fourth-order valence-corrected chi connectivity index (χ4v) is 3.23. The molecule has 0 spiro atoms. The number of nitrogens with one attached hydrogen (secondary N) is 2. The smallest absolute Gasteiger partial charge is 0.132 e. The zero-order valence-corrected chi connectivity index (χ0v) is 16.7. The number of anilines is 2. The molecule has 2 aromatic rings. The third-order valence-corrected chi connectivity index (χ3v) is 4.97. The molecule has 0 aromatic heterocycles. The topological polar surface area (TPSA) is 36.4 Å². The van der Waals surface area contributed by atoms with E-state index in [2.05, 4.69) is 69.5 Å². The molecule has 25 heavy (non-hydrogen) atoms. The molecule has 0 fully saturated rings. The van der Waals surface area contributed by atoms with Crippen molar-refractivity contribution < 1.29 is 0 Å². The first-order valence-corrected chi connectivity index (χ1v) is 9.06. The van der Waals surface area contributed by atoms with E-state index in [9.17, 15) is 0 Å². The Morgan fingerprint density at radius 1 is 0.960 bits per heavy atom. The summed E-state index contributed by atoms with van der Waals surface area (Å²) in [6.45, 7) is 10.5. The van der Waals surface area contributed by atoms with Crippen LogP contribution in [0.4, 0.5) is 11.4 Å². The summed E-state index contributed by atoms with van der Waals surface area (Å²) in [5, 5.41) is 8.13. The van der Waals surface area contributed by atoms with Gasteiger partial charge in [-0.15, -0.1) is 0 Å². The summed E-state index contributed by atoms with van der Waals surface area (Å²) in [6, 6.07) is 12.2. The maximum atomic E-state index is 6.22. The molecule has 132 valence electrons. The van der Waals surface area contributed by atoms with Crippen molar-refractivity contribution in [3.05, 3.63) is 57.6 Å². The fourth-order valence-electron chi connectivity index (χ4n) is 2.91. The van der Waals surface area contributed by atoms with Crippen molar-refractivity contribution in [1.29, 1.82) is 0 Å². The van der Waals surface area contributed by atoms with Crippen LogP contribution in [0.2, 0.25) is 10.0 Å². The van der Waals surface area contributed by atoms with E-state index < -0.39 is 5.54 Å². The molecule has 1 aliphatic heterocycles. The fraction of sp³-hybridized carbons (Fsp3) is 0.350. The van der Waals surface area contributed by atoms with E-state index in [0.717, 1.165) is 22.8 Å². The van der Waals surface area contributed by atoms with E-state index >= 15 is 0 Å². The third kappa shape index (κ3) is 3.63. The predicted octanol–water partition coefficient (Wildman–Crippen LogP) is 6.25. The van der Waals surface area contributed by atoms with Gasteiger partial charge in [-0.2, -0.15) is 0 Å². The molecule has 1 unspecified atom stereocenters. The number of nitrogens with zero attached hydrogens (tertiary/aromatic N) is 1. The van der Waals surface area contributed by atoms with Crippen LogP contribution in [0.25, 0.3) is 0 Å². The van der Waals surface area contributed by atoms with Crippen molar-refractivity contribution in [1.82, 2.24) is 0 Å². The average Bonchev–Trinajstić information content (AvgIpc) is 2.49. The maximum Gasteiger partial charge on any atom is 0.132 e. The highest BCUT2D eigenvalue weighted by Crippen LogP contribution is 2.41. The van der Waals surface area contributed by atoms with E-state index in [1.165, 1.54) is 5.56 Å². The Labute approximate surface area is 159 Å². The molecule has 0 saturated heterocycles. The molecule has 2 aromatic carbocycles. The summed E-state index contributed by atoms with van der Waals surface area (Å²) in [5.74, 6) is 0.856. The number of halogens is 2. The minimum Gasteiger partial charge on any atom is -0.368 e. The van der Waals surface area contributed by atoms with Crippen LogP contribution in [-0.4, -0.2) is 11.4 Å². The molecular formula is C20H23Cl2N3. The van der Waals surface area contributed by atoms with Crippen molar-refractivity contribution >= 4 is 40.4 Å². The van der Waals surface area contributed by atoms with Crippen molar-refractivity contribution in [3.8, 4) is 0 Å². The van der Waals surface area contributed by atoms with Crippen LogP contribution in [0.3, 0.4) is 0 Å². The lowest BCUT2D eigenvalue weighted by molar-refractivity contribution is 0.570. The quantitative estimate of drug-likeness (QED) is 0.617. The normalized spacial score (nSPS) is 21.5. The first kappa shape index (κ1) is 18.1. The second-order valence-corrected chi connectivity index (χ2v) is 8.50. The molecule has 3 rings (SSSR count). The third-order valence-electron chi connectivity index (χ3n) is 4.25. The average molecular weight is 376 g/mol. The summed E-state index contributed by atoms with van der Waals surface area (Å²) in [4.78, 5) is 4.94. The highest BCUT2D eigenvalue weighted by molar-refractivity contribution is 6.42. The molecule has 0 aliphatic carbocycles. The van der Waals surface area contributed by atoms with Crippen molar-refractivity contribution in [2.24, 2.45) is 4.99 Å². The molecule has 0 bridgehead atoms. The van der Waals surface area contributed by atoms with E-state index in [1.54, 1.807) is 0 Å². The van der Waals surface area contributed by atoms with Gasteiger partial charge in [-0.25, -0.2) is 0 Å². The van der Waals surface area contributed by atoms with Crippen molar-refractivity contribution in [2.75, 3.05) is 10.6 Å². The second-order valence-electron chi connectivity index (χ2n) is 7.68. The Bertz CT molecular complexity index is 835. The minimum absolute atomic E-state index is 0.219. The molecule has 1 aliphatic rings. The van der Waals surface area contributed by atoms with Gasteiger partial charge in [0.1, 0.15) is 11.4 Å². The molecule has 1 heterocycles. The minimum atomic E-state index is -0.495. The molecule has 0 amide bonds. The first-order valence-electron chi connectivity index (χ1n) is 8.30. The van der Waals surface area contributed by atoms with Gasteiger partial charge >= 0.3 is 0 Å². The Morgan fingerprint density at radius 3 is 2.08 bits per heavy atom. The van der Waals surface area contributed by atoms with Crippen LogP contribution < -0.4 is 10.6 Å². The predicted molar refractivity (Wildman–Crippen MR) is 109 cm³/mol. The molecule has 2 N–H and O–H groups in total. The molecule has 0 radical (unpaired) electrons. The zero-order chi connectivity index (χ0) is 18.4. The van der Waals surface area contributed by atoms with Crippen LogP contribution in [0.1, 0.15) is 38.8 Å². The van der Waals surface area contributed by atoms with Gasteiger partial charge in [0, 0.05) is 0 Å². The maximum absolute atomic E-state index is 6.22. The summed E-state index contributed by atoms with van der Waals surface area (Å²) < 4.78 is 0. The number of amidine groups is 1. The van der Waals surface area contributed by atoms with Crippen LogP contribution in [-0.2, 0) is 5.54 Å². The number of rotatable bonds is 1. The molecule has 5 heteroatoms. The van der Waals surface area contributed by atoms with Gasteiger partial charge in [-0.1, -0.05) is 53.0 Å². The van der Waals surface area contributed by atoms with Crippen LogP contribution >= 0.6 is 23.2 Å². The Morgan fingerprint density at radius 2 is 1.52 bits per heavy atom. The first-order chi connectivity index (χ1) is 11.6. The van der Waals surface area contributed by atoms with Gasteiger partial charge in [0.15, 0.2) is 0 Å².